The average Bonchev–Trinajstić information content (AvgIpc) is 3.38. The molecule has 0 spiro atoms. The fraction of sp³-hybridized carbons (Fsp3) is 0.909. The Bertz CT molecular complexity index is 1120. The van der Waals surface area contributed by atoms with Gasteiger partial charge in [0.2, 0.25) is 5.91 Å². The molecule has 0 aliphatic carbocycles. The molecule has 3 N–H and O–H groups in total. The Kier molecular flexibility index (Phi) is 60.5. The number of aliphatic hydroxyl groups is 2. The second kappa shape index (κ2) is 61.9. The van der Waals surface area contributed by atoms with Crippen molar-refractivity contribution in [3.8, 4) is 0 Å². The molecule has 0 saturated carbocycles. The number of hydrogen-bond donors (Lipinski definition) is 3. The minimum Gasteiger partial charge on any atom is -0.466 e. The van der Waals surface area contributed by atoms with Gasteiger partial charge in [-0.3, -0.25) is 9.59 Å². The van der Waals surface area contributed by atoms with Gasteiger partial charge in [-0.15, -0.1) is 0 Å². The molecule has 0 aromatic rings. The lowest BCUT2D eigenvalue weighted by atomic mass is 10.0. The number of unbranched alkanes of at least 4 members (excludes halogenated alkanes) is 46. The predicted octanol–water partition coefficient (Wildman–Crippen LogP) is 20.6. The number of allylic oxidation sites excluding steroid dienone is 4. The lowest BCUT2D eigenvalue weighted by Gasteiger charge is -2.22. The van der Waals surface area contributed by atoms with Crippen LogP contribution in [-0.2, 0) is 14.3 Å². The number of ether oxygens (including phenoxy) is 1. The quantitative estimate of drug-likeness (QED) is 0.0320. The van der Waals surface area contributed by atoms with E-state index in [4.69, 9.17) is 4.74 Å². The van der Waals surface area contributed by atoms with Gasteiger partial charge in [-0.2, -0.15) is 0 Å². The second-order valence-electron chi connectivity index (χ2n) is 22.4. The summed E-state index contributed by atoms with van der Waals surface area (Å²) in [5, 5.41) is 23.2. The van der Waals surface area contributed by atoms with Crippen molar-refractivity contribution in [2.24, 2.45) is 0 Å². The van der Waals surface area contributed by atoms with Crippen LogP contribution in [0.2, 0.25) is 0 Å². The maximum atomic E-state index is 12.5. The molecule has 0 heterocycles. The molecular formula is C66H127NO5. The first-order valence-corrected chi connectivity index (χ1v) is 32.6. The maximum absolute atomic E-state index is 12.5. The summed E-state index contributed by atoms with van der Waals surface area (Å²) in [6.45, 7) is 4.96. The normalized spacial score (nSPS) is 12.7. The number of nitrogens with one attached hydrogen (secondary N) is 1. The van der Waals surface area contributed by atoms with Crippen molar-refractivity contribution in [1.29, 1.82) is 0 Å². The van der Waals surface area contributed by atoms with E-state index in [1.165, 1.54) is 283 Å². The lowest BCUT2D eigenvalue weighted by molar-refractivity contribution is -0.143. The highest BCUT2D eigenvalue weighted by atomic mass is 16.5. The average molecular weight is 1010 g/mol. The summed E-state index contributed by atoms with van der Waals surface area (Å²) in [5.74, 6) is -0.0263. The Morgan fingerprint density at radius 1 is 0.375 bits per heavy atom. The Balaban J connectivity index is 3.37. The summed E-state index contributed by atoms with van der Waals surface area (Å²) < 4.78 is 5.50. The molecule has 0 saturated heterocycles. The van der Waals surface area contributed by atoms with E-state index in [0.29, 0.717) is 25.9 Å². The van der Waals surface area contributed by atoms with Crippen molar-refractivity contribution in [1.82, 2.24) is 5.32 Å². The molecule has 0 aliphatic rings. The van der Waals surface area contributed by atoms with Gasteiger partial charge in [-0.05, 0) is 77.0 Å². The summed E-state index contributed by atoms with van der Waals surface area (Å²) in [6.07, 6.45) is 76.3. The van der Waals surface area contributed by atoms with Gasteiger partial charge < -0.3 is 20.3 Å². The Hall–Kier alpha value is -1.66. The van der Waals surface area contributed by atoms with Gasteiger partial charge in [-0.25, -0.2) is 0 Å². The van der Waals surface area contributed by atoms with Crippen LogP contribution in [0.4, 0.5) is 0 Å². The molecule has 6 heteroatoms. The monoisotopic (exact) mass is 1010 g/mol. The van der Waals surface area contributed by atoms with Gasteiger partial charge in [0.25, 0.3) is 0 Å². The van der Waals surface area contributed by atoms with E-state index in [-0.39, 0.29) is 18.5 Å². The van der Waals surface area contributed by atoms with Crippen LogP contribution in [-0.4, -0.2) is 47.4 Å². The first kappa shape index (κ1) is 70.3. The van der Waals surface area contributed by atoms with Crippen LogP contribution in [0, 0.1) is 0 Å². The molecule has 0 aromatic heterocycles. The highest BCUT2D eigenvalue weighted by Crippen LogP contribution is 2.18. The molecule has 0 bridgehead atoms. The zero-order chi connectivity index (χ0) is 52.2. The fourth-order valence-electron chi connectivity index (χ4n) is 10.2. The third-order valence-electron chi connectivity index (χ3n) is 15.2. The number of esters is 1. The van der Waals surface area contributed by atoms with Crippen molar-refractivity contribution in [3.05, 3.63) is 24.3 Å². The summed E-state index contributed by atoms with van der Waals surface area (Å²) in [5.41, 5.74) is 0. The van der Waals surface area contributed by atoms with Gasteiger partial charge in [0, 0.05) is 12.8 Å². The molecule has 0 rings (SSSR count). The molecule has 0 fully saturated rings. The SMILES string of the molecule is CCCCCCCCC/C=C\CCCCCCCCCC(=O)OCCCCCCCCCCCCCC/C=C\CCCCCCCCCCCC(=O)NC(CO)C(O)CCCCCCCCCCCCCC. The summed E-state index contributed by atoms with van der Waals surface area (Å²) in [6, 6.07) is -0.542. The minimum absolute atomic E-state index is 0.0110. The van der Waals surface area contributed by atoms with E-state index in [0.717, 1.165) is 44.9 Å². The predicted molar refractivity (Wildman–Crippen MR) is 315 cm³/mol. The van der Waals surface area contributed by atoms with Crippen LogP contribution in [0.15, 0.2) is 24.3 Å². The topological polar surface area (TPSA) is 95.9 Å². The van der Waals surface area contributed by atoms with E-state index < -0.39 is 12.1 Å². The number of amides is 1. The molecule has 0 radical (unpaired) electrons. The van der Waals surface area contributed by atoms with Crippen molar-refractivity contribution in [2.45, 2.75) is 373 Å². The van der Waals surface area contributed by atoms with E-state index in [9.17, 15) is 19.8 Å². The third kappa shape index (κ3) is 57.6. The van der Waals surface area contributed by atoms with Gasteiger partial charge >= 0.3 is 5.97 Å². The summed E-state index contributed by atoms with van der Waals surface area (Å²) >= 11 is 0. The molecule has 6 nitrogen and oxygen atoms in total. The number of carbonyl (C=O) groups is 2. The van der Waals surface area contributed by atoms with E-state index in [1.54, 1.807) is 0 Å². The van der Waals surface area contributed by atoms with Gasteiger partial charge in [0.1, 0.15) is 0 Å². The number of hydrogen-bond acceptors (Lipinski definition) is 5. The second-order valence-corrected chi connectivity index (χ2v) is 22.4. The van der Waals surface area contributed by atoms with Crippen molar-refractivity contribution in [2.75, 3.05) is 13.2 Å². The lowest BCUT2D eigenvalue weighted by Crippen LogP contribution is -2.45. The van der Waals surface area contributed by atoms with Crippen LogP contribution in [0.3, 0.4) is 0 Å². The number of aliphatic hydroxyl groups excluding tert-OH is 2. The highest BCUT2D eigenvalue weighted by Gasteiger charge is 2.20. The summed E-state index contributed by atoms with van der Waals surface area (Å²) in [7, 11) is 0. The van der Waals surface area contributed by atoms with Crippen molar-refractivity contribution in [3.63, 3.8) is 0 Å². The Morgan fingerprint density at radius 3 is 0.986 bits per heavy atom. The largest absolute Gasteiger partial charge is 0.466 e. The number of carbonyl (C=O) groups excluding carboxylic acids is 2. The Labute approximate surface area is 450 Å². The maximum Gasteiger partial charge on any atom is 0.305 e. The molecule has 0 aromatic carbocycles. The first-order chi connectivity index (χ1) is 35.5. The van der Waals surface area contributed by atoms with Crippen LogP contribution in [0.5, 0.6) is 0 Å². The van der Waals surface area contributed by atoms with Crippen molar-refractivity contribution >= 4 is 11.9 Å². The highest BCUT2D eigenvalue weighted by molar-refractivity contribution is 5.76. The standard InChI is InChI=1S/C66H127NO5/c1-3-5-7-9-11-13-15-17-18-19-30-33-36-40-44-48-52-56-60-66(71)72-61-57-53-49-45-41-37-34-31-28-26-24-22-20-21-23-25-27-29-32-35-39-43-47-51-55-59-65(70)67-63(62-68)64(69)58-54-50-46-42-38-16-14-12-10-8-6-4-2/h18-19,21,23,63-64,68-69H,3-17,20,22,24-62H2,1-2H3,(H,67,70)/b19-18-,23-21-. The molecule has 72 heavy (non-hydrogen) atoms. The zero-order valence-corrected chi connectivity index (χ0v) is 48.7. The Morgan fingerprint density at radius 2 is 0.653 bits per heavy atom. The molecule has 2 unspecified atom stereocenters. The molecule has 2 atom stereocenters. The van der Waals surface area contributed by atoms with Crippen LogP contribution in [0.1, 0.15) is 361 Å². The third-order valence-corrected chi connectivity index (χ3v) is 15.2. The fourth-order valence-corrected chi connectivity index (χ4v) is 10.2. The summed E-state index contributed by atoms with van der Waals surface area (Å²) in [4.78, 5) is 24.6. The smallest absolute Gasteiger partial charge is 0.305 e. The van der Waals surface area contributed by atoms with Crippen molar-refractivity contribution < 1.29 is 24.5 Å². The van der Waals surface area contributed by atoms with E-state index >= 15 is 0 Å². The van der Waals surface area contributed by atoms with Gasteiger partial charge in [0.05, 0.1) is 25.4 Å². The van der Waals surface area contributed by atoms with Crippen LogP contribution < -0.4 is 5.32 Å². The van der Waals surface area contributed by atoms with Gasteiger partial charge in [-0.1, -0.05) is 295 Å². The zero-order valence-electron chi connectivity index (χ0n) is 48.7. The van der Waals surface area contributed by atoms with Crippen LogP contribution >= 0.6 is 0 Å². The molecular weight excluding hydrogens is 887 g/mol. The molecule has 0 aliphatic heterocycles. The van der Waals surface area contributed by atoms with Crippen LogP contribution in [0.25, 0.3) is 0 Å². The van der Waals surface area contributed by atoms with E-state index in [1.807, 2.05) is 0 Å². The van der Waals surface area contributed by atoms with E-state index in [2.05, 4.69) is 43.5 Å². The minimum atomic E-state index is -0.665. The molecule has 1 amide bonds. The molecule has 426 valence electrons. The first-order valence-electron chi connectivity index (χ1n) is 32.6. The van der Waals surface area contributed by atoms with Gasteiger partial charge in [0.15, 0.2) is 0 Å². The number of rotatable bonds is 61.